The smallest absolute Gasteiger partial charge is 0.340 e. The molecule has 0 atom stereocenters. The third kappa shape index (κ3) is 6.08. The lowest BCUT2D eigenvalue weighted by molar-refractivity contribution is -0.113. The Kier molecular flexibility index (Phi) is 8.10. The third-order valence-electron chi connectivity index (χ3n) is 4.14. The van der Waals surface area contributed by atoms with Crippen molar-refractivity contribution in [3.63, 3.8) is 0 Å². The molecule has 31 heavy (non-hydrogen) atoms. The molecule has 0 spiro atoms. The van der Waals surface area contributed by atoms with Gasteiger partial charge in [-0.25, -0.2) is 4.79 Å². The van der Waals surface area contributed by atoms with Gasteiger partial charge >= 0.3 is 5.97 Å². The molecule has 2 aromatic heterocycles. The number of ether oxygens (including phenoxy) is 2. The number of benzene rings is 1. The number of aromatic nitrogens is 3. The number of rotatable bonds is 9. The molecule has 0 saturated carbocycles. The standard InChI is InChI=1S/C20H21BrN4O4S2/c1-4-25-16(10-29-14-7-5-13(21)6-8-14)23-24-20(25)30-11-17(26)22-18-15(19(27)28-3)9-12(2)31-18/h5-9H,4,10-11H2,1-3H3,(H,22,26). The number of nitrogens with one attached hydrogen (secondary N) is 1. The predicted octanol–water partition coefficient (Wildman–Crippen LogP) is 4.53. The van der Waals surface area contributed by atoms with Crippen LogP contribution >= 0.6 is 39.0 Å². The molecule has 0 aliphatic carbocycles. The number of hydrogen-bond donors (Lipinski definition) is 1. The quantitative estimate of drug-likeness (QED) is 0.324. The Morgan fingerprint density at radius 3 is 2.68 bits per heavy atom. The molecule has 164 valence electrons. The van der Waals surface area contributed by atoms with E-state index in [-0.39, 0.29) is 18.3 Å². The van der Waals surface area contributed by atoms with Gasteiger partial charge in [0, 0.05) is 15.9 Å². The predicted molar refractivity (Wildman–Crippen MR) is 124 cm³/mol. The van der Waals surface area contributed by atoms with Gasteiger partial charge in [-0.3, -0.25) is 4.79 Å². The number of halogens is 1. The number of aryl methyl sites for hydroxylation is 1. The maximum atomic E-state index is 12.4. The van der Waals surface area contributed by atoms with Crippen LogP contribution < -0.4 is 10.1 Å². The molecule has 1 N–H and O–H groups in total. The molecule has 0 aliphatic rings. The Morgan fingerprint density at radius 2 is 2.00 bits per heavy atom. The van der Waals surface area contributed by atoms with Crippen LogP contribution in [0.3, 0.4) is 0 Å². The fraction of sp³-hybridized carbons (Fsp3) is 0.300. The van der Waals surface area contributed by atoms with Gasteiger partial charge in [0.2, 0.25) is 5.91 Å². The summed E-state index contributed by atoms with van der Waals surface area (Å²) in [4.78, 5) is 25.2. The van der Waals surface area contributed by atoms with Crippen molar-refractivity contribution < 1.29 is 19.1 Å². The maximum Gasteiger partial charge on any atom is 0.340 e. The number of amides is 1. The number of thioether (sulfide) groups is 1. The van der Waals surface area contributed by atoms with E-state index < -0.39 is 5.97 Å². The second kappa shape index (κ2) is 10.8. The Bertz CT molecular complexity index is 1070. The van der Waals surface area contributed by atoms with Crippen molar-refractivity contribution in [3.8, 4) is 5.75 Å². The monoisotopic (exact) mass is 524 g/mol. The molecule has 11 heteroatoms. The second-order valence-corrected chi connectivity index (χ2v) is 9.43. The van der Waals surface area contributed by atoms with Gasteiger partial charge in [0.1, 0.15) is 17.4 Å². The first-order valence-corrected chi connectivity index (χ1v) is 11.9. The largest absolute Gasteiger partial charge is 0.486 e. The van der Waals surface area contributed by atoms with Crippen molar-refractivity contribution >= 4 is 55.9 Å². The van der Waals surface area contributed by atoms with Crippen LogP contribution in [-0.4, -0.2) is 39.5 Å². The maximum absolute atomic E-state index is 12.4. The highest BCUT2D eigenvalue weighted by Gasteiger charge is 2.18. The summed E-state index contributed by atoms with van der Waals surface area (Å²) < 4.78 is 13.4. The van der Waals surface area contributed by atoms with Gasteiger partial charge in [-0.15, -0.1) is 21.5 Å². The fourth-order valence-corrected chi connectivity index (χ4v) is 4.69. The van der Waals surface area contributed by atoms with Gasteiger partial charge in [0.25, 0.3) is 0 Å². The van der Waals surface area contributed by atoms with Crippen LogP contribution in [-0.2, 0) is 22.7 Å². The highest BCUT2D eigenvalue weighted by molar-refractivity contribution is 9.10. The summed E-state index contributed by atoms with van der Waals surface area (Å²) in [7, 11) is 1.31. The van der Waals surface area contributed by atoms with E-state index >= 15 is 0 Å². The summed E-state index contributed by atoms with van der Waals surface area (Å²) in [6.07, 6.45) is 0. The Labute approximate surface area is 196 Å². The second-order valence-electron chi connectivity index (χ2n) is 6.31. The molecule has 0 radical (unpaired) electrons. The number of anilines is 1. The highest BCUT2D eigenvalue weighted by Crippen LogP contribution is 2.28. The first kappa shape index (κ1) is 23.3. The summed E-state index contributed by atoms with van der Waals surface area (Å²) >= 11 is 6.00. The normalized spacial score (nSPS) is 10.7. The van der Waals surface area contributed by atoms with Crippen molar-refractivity contribution in [2.75, 3.05) is 18.2 Å². The van der Waals surface area contributed by atoms with Gasteiger partial charge in [0.15, 0.2) is 11.0 Å². The van der Waals surface area contributed by atoms with E-state index in [9.17, 15) is 9.59 Å². The van der Waals surface area contributed by atoms with E-state index in [0.717, 1.165) is 15.1 Å². The van der Waals surface area contributed by atoms with Crippen LogP contribution in [0.4, 0.5) is 5.00 Å². The van der Waals surface area contributed by atoms with Crippen LogP contribution in [0.15, 0.2) is 40.0 Å². The van der Waals surface area contributed by atoms with Gasteiger partial charge < -0.3 is 19.4 Å². The average molecular weight is 525 g/mol. The van der Waals surface area contributed by atoms with Crippen LogP contribution in [0.25, 0.3) is 0 Å². The molecule has 2 heterocycles. The lowest BCUT2D eigenvalue weighted by atomic mass is 10.3. The molecule has 0 fully saturated rings. The zero-order valence-corrected chi connectivity index (χ0v) is 20.4. The average Bonchev–Trinajstić information content (AvgIpc) is 3.33. The highest BCUT2D eigenvalue weighted by atomic mass is 79.9. The molecular weight excluding hydrogens is 504 g/mol. The van der Waals surface area contributed by atoms with Crippen LogP contribution in [0, 0.1) is 6.92 Å². The minimum absolute atomic E-state index is 0.128. The minimum atomic E-state index is -0.478. The summed E-state index contributed by atoms with van der Waals surface area (Å²) in [5.41, 5.74) is 0.354. The summed E-state index contributed by atoms with van der Waals surface area (Å²) in [6.45, 7) is 4.76. The molecule has 0 saturated heterocycles. The topological polar surface area (TPSA) is 95.3 Å². The van der Waals surface area contributed by atoms with E-state index in [0.29, 0.717) is 28.1 Å². The first-order chi connectivity index (χ1) is 14.9. The number of carbonyl (C=O) groups excluding carboxylic acids is 2. The summed E-state index contributed by atoms with van der Waals surface area (Å²) in [5, 5.41) is 12.3. The molecule has 1 amide bonds. The van der Waals surface area contributed by atoms with Gasteiger partial charge in [0.05, 0.1) is 18.4 Å². The molecule has 0 bridgehead atoms. The number of carbonyl (C=O) groups is 2. The Morgan fingerprint density at radius 1 is 1.26 bits per heavy atom. The van der Waals surface area contributed by atoms with E-state index in [1.165, 1.54) is 30.2 Å². The molecule has 1 aromatic carbocycles. The molecule has 3 aromatic rings. The third-order valence-corrected chi connectivity index (χ3v) is 6.60. The fourth-order valence-electron chi connectivity index (χ4n) is 2.69. The minimum Gasteiger partial charge on any atom is -0.486 e. The van der Waals surface area contributed by atoms with E-state index in [1.807, 2.05) is 42.7 Å². The number of methoxy groups -OCH3 is 1. The van der Waals surface area contributed by atoms with E-state index in [1.54, 1.807) is 6.07 Å². The number of thiophene rings is 1. The van der Waals surface area contributed by atoms with Crippen molar-refractivity contribution in [1.82, 2.24) is 14.8 Å². The zero-order chi connectivity index (χ0) is 22.4. The van der Waals surface area contributed by atoms with Gasteiger partial charge in [-0.2, -0.15) is 0 Å². The summed E-state index contributed by atoms with van der Waals surface area (Å²) in [5.74, 6) is 0.817. The summed E-state index contributed by atoms with van der Waals surface area (Å²) in [6, 6.07) is 9.24. The lowest BCUT2D eigenvalue weighted by Gasteiger charge is -2.09. The van der Waals surface area contributed by atoms with Gasteiger partial charge in [-0.05, 0) is 44.2 Å². The van der Waals surface area contributed by atoms with Crippen molar-refractivity contribution in [3.05, 3.63) is 51.1 Å². The number of esters is 1. The van der Waals surface area contributed by atoms with Crippen molar-refractivity contribution in [2.45, 2.75) is 32.2 Å². The van der Waals surface area contributed by atoms with Crippen LogP contribution in [0.2, 0.25) is 0 Å². The van der Waals surface area contributed by atoms with Crippen molar-refractivity contribution in [1.29, 1.82) is 0 Å². The van der Waals surface area contributed by atoms with Crippen molar-refractivity contribution in [2.24, 2.45) is 0 Å². The van der Waals surface area contributed by atoms with E-state index in [4.69, 9.17) is 9.47 Å². The van der Waals surface area contributed by atoms with Crippen LogP contribution in [0.5, 0.6) is 5.75 Å². The number of nitrogens with zero attached hydrogens (tertiary/aromatic N) is 3. The van der Waals surface area contributed by atoms with Crippen LogP contribution in [0.1, 0.15) is 28.0 Å². The Balaban J connectivity index is 1.60. The number of hydrogen-bond acceptors (Lipinski definition) is 8. The molecule has 3 rings (SSSR count). The van der Waals surface area contributed by atoms with Gasteiger partial charge in [-0.1, -0.05) is 27.7 Å². The van der Waals surface area contributed by atoms with E-state index in [2.05, 4.69) is 31.4 Å². The first-order valence-electron chi connectivity index (χ1n) is 9.33. The SMILES string of the molecule is CCn1c(COc2ccc(Br)cc2)nnc1SCC(=O)Nc1sc(C)cc1C(=O)OC. The Hall–Kier alpha value is -2.37. The molecule has 0 aliphatic heterocycles. The zero-order valence-electron chi connectivity index (χ0n) is 17.2. The molecule has 0 unspecified atom stereocenters. The molecular formula is C20H21BrN4O4S2. The molecule has 8 nitrogen and oxygen atoms in total. The lowest BCUT2D eigenvalue weighted by Crippen LogP contribution is -2.16.